The van der Waals surface area contributed by atoms with Gasteiger partial charge in [-0.3, -0.25) is 0 Å². The minimum absolute atomic E-state index is 0.937. The van der Waals surface area contributed by atoms with Crippen LogP contribution in [0.25, 0.3) is 0 Å². The van der Waals surface area contributed by atoms with E-state index >= 15 is 0 Å². The number of rotatable bonds is 7. The van der Waals surface area contributed by atoms with Gasteiger partial charge in [0.15, 0.2) is 0 Å². The van der Waals surface area contributed by atoms with Gasteiger partial charge in [0.25, 0.3) is 0 Å². The molecule has 1 aliphatic heterocycles. The van der Waals surface area contributed by atoms with E-state index < -0.39 is 0 Å². The van der Waals surface area contributed by atoms with Gasteiger partial charge in [-0.05, 0) is 18.6 Å². The fourth-order valence-electron chi connectivity index (χ4n) is 1.86. The zero-order valence-corrected chi connectivity index (χ0v) is 12.8. The number of fused-ring (bicyclic) bond motifs is 1. The Morgan fingerprint density at radius 3 is 2.89 bits per heavy atom. The third kappa shape index (κ3) is 3.54. The van der Waals surface area contributed by atoms with Crippen LogP contribution in [-0.4, -0.2) is 22.3 Å². The molecule has 0 aromatic carbocycles. The van der Waals surface area contributed by atoms with E-state index in [1.807, 2.05) is 23.5 Å². The molecular weight excluding hydrogens is 262 g/mol. The number of aromatic nitrogens is 2. The summed E-state index contributed by atoms with van der Waals surface area (Å²) in [4.78, 5) is 9.40. The lowest BCUT2D eigenvalue weighted by Gasteiger charge is -2.11. The van der Waals surface area contributed by atoms with Gasteiger partial charge >= 0.3 is 0 Å². The number of hydrogen-bond donors (Lipinski definition) is 1. The van der Waals surface area contributed by atoms with Crippen LogP contribution in [0.5, 0.6) is 0 Å². The molecular formula is C13H21N3S2. The van der Waals surface area contributed by atoms with Gasteiger partial charge in [-0.25, -0.2) is 9.97 Å². The molecule has 0 fully saturated rings. The van der Waals surface area contributed by atoms with Crippen molar-refractivity contribution in [2.75, 3.05) is 17.6 Å². The summed E-state index contributed by atoms with van der Waals surface area (Å²) in [7, 11) is 0. The second-order valence-electron chi connectivity index (χ2n) is 4.39. The molecule has 0 unspecified atom stereocenters. The lowest BCUT2D eigenvalue weighted by atomic mass is 10.2. The molecule has 1 aromatic heterocycles. The molecule has 0 amide bonds. The molecule has 0 aliphatic carbocycles. The summed E-state index contributed by atoms with van der Waals surface area (Å²) in [5.74, 6) is 6.31. The highest BCUT2D eigenvalue weighted by molar-refractivity contribution is 7.98. The highest BCUT2D eigenvalue weighted by atomic mass is 32.2. The molecule has 2 heterocycles. The Balaban J connectivity index is 2.11. The maximum absolute atomic E-state index is 4.70. The topological polar surface area (TPSA) is 37.8 Å². The number of nitrogens with zero attached hydrogens (tertiary/aromatic N) is 2. The lowest BCUT2D eigenvalue weighted by Crippen LogP contribution is -2.09. The lowest BCUT2D eigenvalue weighted by molar-refractivity contribution is 0.928. The summed E-state index contributed by atoms with van der Waals surface area (Å²) in [6.45, 7) is 5.39. The van der Waals surface area contributed by atoms with Crippen LogP contribution < -0.4 is 5.32 Å². The molecule has 5 heteroatoms. The smallest absolute Gasteiger partial charge is 0.140 e. The van der Waals surface area contributed by atoms with Crippen molar-refractivity contribution in [3.05, 3.63) is 17.1 Å². The Labute approximate surface area is 118 Å². The highest BCUT2D eigenvalue weighted by Crippen LogP contribution is 2.33. The molecule has 1 N–H and O–H groups in total. The van der Waals surface area contributed by atoms with Gasteiger partial charge in [-0.2, -0.15) is 23.5 Å². The Kier molecular flexibility index (Phi) is 5.63. The second-order valence-corrected chi connectivity index (χ2v) is 6.48. The molecule has 0 radical (unpaired) electrons. The normalized spacial score (nSPS) is 13.7. The van der Waals surface area contributed by atoms with Crippen molar-refractivity contribution in [3.8, 4) is 0 Å². The van der Waals surface area contributed by atoms with Crippen molar-refractivity contribution in [2.45, 2.75) is 43.9 Å². The zero-order valence-electron chi connectivity index (χ0n) is 11.2. The molecule has 0 spiro atoms. The maximum atomic E-state index is 4.70. The van der Waals surface area contributed by atoms with Crippen LogP contribution in [0.3, 0.4) is 0 Å². The summed E-state index contributed by atoms with van der Waals surface area (Å²) < 4.78 is 0. The van der Waals surface area contributed by atoms with Gasteiger partial charge in [-0.15, -0.1) is 0 Å². The van der Waals surface area contributed by atoms with Crippen molar-refractivity contribution in [2.24, 2.45) is 0 Å². The molecule has 0 saturated carbocycles. The maximum Gasteiger partial charge on any atom is 0.140 e. The first kappa shape index (κ1) is 14.0. The van der Waals surface area contributed by atoms with Gasteiger partial charge in [-0.1, -0.05) is 13.8 Å². The van der Waals surface area contributed by atoms with Gasteiger partial charge in [0.2, 0.25) is 0 Å². The highest BCUT2D eigenvalue weighted by Gasteiger charge is 2.19. The van der Waals surface area contributed by atoms with Crippen LogP contribution in [0.15, 0.2) is 0 Å². The Morgan fingerprint density at radius 2 is 2.11 bits per heavy atom. The summed E-state index contributed by atoms with van der Waals surface area (Å²) in [6, 6.07) is 0. The first-order chi connectivity index (χ1) is 8.85. The van der Waals surface area contributed by atoms with E-state index in [1.165, 1.54) is 23.4 Å². The summed E-state index contributed by atoms with van der Waals surface area (Å²) >= 11 is 3.86. The van der Waals surface area contributed by atoms with Crippen molar-refractivity contribution >= 4 is 29.3 Å². The number of hydrogen-bond acceptors (Lipinski definition) is 5. The third-order valence-electron chi connectivity index (χ3n) is 2.75. The summed E-state index contributed by atoms with van der Waals surface area (Å²) in [5, 5.41) is 3.45. The molecule has 2 rings (SSSR count). The van der Waals surface area contributed by atoms with E-state index in [-0.39, 0.29) is 0 Å². The van der Waals surface area contributed by atoms with Gasteiger partial charge in [0, 0.05) is 23.6 Å². The Bertz CT molecular complexity index is 396. The molecule has 0 saturated heterocycles. The van der Waals surface area contributed by atoms with Crippen molar-refractivity contribution in [3.63, 3.8) is 0 Å². The standard InChI is InChI=1S/C13H21N3S2/c1-3-5-14-13-10-7-18-8-11(10)15-12(16-13)9-17-6-4-2/h3-9H2,1-2H3,(H,14,15,16). The zero-order chi connectivity index (χ0) is 12.8. The van der Waals surface area contributed by atoms with E-state index in [1.54, 1.807) is 0 Å². The second kappa shape index (κ2) is 7.24. The predicted octanol–water partition coefficient (Wildman–Crippen LogP) is 3.69. The van der Waals surface area contributed by atoms with E-state index in [9.17, 15) is 0 Å². The van der Waals surface area contributed by atoms with E-state index in [2.05, 4.69) is 19.2 Å². The van der Waals surface area contributed by atoms with Crippen LogP contribution in [0.1, 0.15) is 43.8 Å². The average molecular weight is 283 g/mol. The fourth-order valence-corrected chi connectivity index (χ4v) is 3.65. The molecule has 100 valence electrons. The monoisotopic (exact) mass is 283 g/mol. The van der Waals surface area contributed by atoms with E-state index in [4.69, 9.17) is 9.97 Å². The average Bonchev–Trinajstić information content (AvgIpc) is 2.84. The molecule has 1 aliphatic rings. The van der Waals surface area contributed by atoms with Crippen LogP contribution >= 0.6 is 23.5 Å². The van der Waals surface area contributed by atoms with Crippen LogP contribution in [0.4, 0.5) is 5.82 Å². The molecule has 18 heavy (non-hydrogen) atoms. The summed E-state index contributed by atoms with van der Waals surface area (Å²) in [5.41, 5.74) is 2.58. The number of nitrogens with one attached hydrogen (secondary N) is 1. The van der Waals surface area contributed by atoms with Crippen molar-refractivity contribution in [1.29, 1.82) is 0 Å². The van der Waals surface area contributed by atoms with E-state index in [0.717, 1.165) is 41.9 Å². The predicted molar refractivity (Wildman–Crippen MR) is 82.3 cm³/mol. The molecule has 1 aromatic rings. The molecule has 0 atom stereocenters. The first-order valence-corrected chi connectivity index (χ1v) is 8.94. The number of anilines is 1. The van der Waals surface area contributed by atoms with Crippen LogP contribution in [0.2, 0.25) is 0 Å². The molecule has 3 nitrogen and oxygen atoms in total. The quantitative estimate of drug-likeness (QED) is 0.773. The van der Waals surface area contributed by atoms with Gasteiger partial charge < -0.3 is 5.32 Å². The van der Waals surface area contributed by atoms with Crippen molar-refractivity contribution in [1.82, 2.24) is 9.97 Å². The minimum atomic E-state index is 0.937. The van der Waals surface area contributed by atoms with Gasteiger partial charge in [0.05, 0.1) is 11.4 Å². The largest absolute Gasteiger partial charge is 0.370 e. The first-order valence-electron chi connectivity index (χ1n) is 6.63. The Morgan fingerprint density at radius 1 is 1.22 bits per heavy atom. The van der Waals surface area contributed by atoms with E-state index in [0.29, 0.717) is 0 Å². The minimum Gasteiger partial charge on any atom is -0.370 e. The Hall–Kier alpha value is -0.420. The SMILES string of the molecule is CCCNc1nc(CSCCC)nc2c1CSC2. The van der Waals surface area contributed by atoms with Gasteiger partial charge in [0.1, 0.15) is 11.6 Å². The number of thioether (sulfide) groups is 2. The summed E-state index contributed by atoms with van der Waals surface area (Å²) in [6.07, 6.45) is 2.35. The fraction of sp³-hybridized carbons (Fsp3) is 0.692. The van der Waals surface area contributed by atoms with Crippen LogP contribution in [0, 0.1) is 0 Å². The van der Waals surface area contributed by atoms with Crippen LogP contribution in [-0.2, 0) is 17.3 Å². The van der Waals surface area contributed by atoms with Crippen molar-refractivity contribution < 1.29 is 0 Å². The third-order valence-corrected chi connectivity index (χ3v) is 4.88. The molecule has 0 bridgehead atoms.